The van der Waals surface area contributed by atoms with Gasteiger partial charge in [-0.3, -0.25) is 14.3 Å². The van der Waals surface area contributed by atoms with Crippen molar-refractivity contribution in [1.82, 2.24) is 19.4 Å². The lowest BCUT2D eigenvalue weighted by Crippen LogP contribution is -2.43. The van der Waals surface area contributed by atoms with E-state index in [0.29, 0.717) is 13.1 Å². The molecule has 1 amide bonds. The number of piperidine rings is 1. The number of rotatable bonds is 6. The zero-order valence-corrected chi connectivity index (χ0v) is 17.5. The summed E-state index contributed by atoms with van der Waals surface area (Å²) in [5.41, 5.74) is 2.85. The summed E-state index contributed by atoms with van der Waals surface area (Å²) in [4.78, 5) is 32.0. The van der Waals surface area contributed by atoms with Gasteiger partial charge >= 0.3 is 5.69 Å². The largest absolute Gasteiger partial charge is 0.497 e. The molecule has 0 saturated carbocycles. The van der Waals surface area contributed by atoms with E-state index in [0.717, 1.165) is 48.3 Å². The molecule has 1 aromatic heterocycles. The van der Waals surface area contributed by atoms with E-state index in [4.69, 9.17) is 4.74 Å². The molecule has 1 saturated heterocycles. The van der Waals surface area contributed by atoms with Crippen molar-refractivity contribution < 1.29 is 9.53 Å². The van der Waals surface area contributed by atoms with E-state index >= 15 is 0 Å². The highest BCUT2D eigenvalue weighted by atomic mass is 16.5. The van der Waals surface area contributed by atoms with Crippen molar-refractivity contribution in [3.63, 3.8) is 0 Å². The second kappa shape index (κ2) is 8.75. The van der Waals surface area contributed by atoms with Crippen molar-refractivity contribution in [3.8, 4) is 5.75 Å². The molecule has 0 radical (unpaired) electrons. The van der Waals surface area contributed by atoms with Crippen LogP contribution in [-0.2, 0) is 11.3 Å². The maximum atomic E-state index is 12.7. The first-order valence-electron chi connectivity index (χ1n) is 10.3. The first kappa shape index (κ1) is 20.2. The molecule has 4 rings (SSSR count). The Morgan fingerprint density at radius 1 is 1.13 bits per heavy atom. The predicted octanol–water partition coefficient (Wildman–Crippen LogP) is 2.63. The fourth-order valence-corrected chi connectivity index (χ4v) is 4.18. The normalized spacial score (nSPS) is 15.4. The number of ether oxygens (including phenoxy) is 1. The molecule has 158 valence electrons. The number of benzene rings is 2. The number of carbonyl (C=O) groups is 1. The molecule has 1 aliphatic heterocycles. The van der Waals surface area contributed by atoms with Gasteiger partial charge in [0.05, 0.1) is 24.7 Å². The van der Waals surface area contributed by atoms with Gasteiger partial charge in [0.2, 0.25) is 5.91 Å². The van der Waals surface area contributed by atoms with E-state index in [1.807, 2.05) is 60.1 Å². The van der Waals surface area contributed by atoms with Crippen molar-refractivity contribution in [2.45, 2.75) is 25.4 Å². The van der Waals surface area contributed by atoms with Crippen LogP contribution in [0.25, 0.3) is 11.0 Å². The molecular weight excluding hydrogens is 380 g/mol. The predicted molar refractivity (Wildman–Crippen MR) is 117 cm³/mol. The van der Waals surface area contributed by atoms with Crippen LogP contribution in [0.5, 0.6) is 5.75 Å². The average Bonchev–Trinajstić information content (AvgIpc) is 3.10. The SMILES string of the molecule is COc1ccc(CN(C)C(=O)CN2CCC(n3c(=O)[nH]c4ccccc43)CC2)cc1. The van der Waals surface area contributed by atoms with E-state index in [-0.39, 0.29) is 17.6 Å². The third kappa shape index (κ3) is 4.26. The molecule has 1 fully saturated rings. The van der Waals surface area contributed by atoms with Crippen molar-refractivity contribution in [3.05, 3.63) is 64.6 Å². The van der Waals surface area contributed by atoms with Crippen LogP contribution in [0.2, 0.25) is 0 Å². The Kier molecular flexibility index (Phi) is 5.90. The van der Waals surface area contributed by atoms with Gasteiger partial charge in [0, 0.05) is 32.7 Å². The zero-order chi connectivity index (χ0) is 21.1. The molecule has 7 heteroatoms. The number of hydrogen-bond acceptors (Lipinski definition) is 4. The Bertz CT molecular complexity index is 1060. The Morgan fingerprint density at radius 3 is 2.53 bits per heavy atom. The molecule has 0 aliphatic carbocycles. The average molecular weight is 409 g/mol. The van der Waals surface area contributed by atoms with Gasteiger partial charge in [0.1, 0.15) is 5.75 Å². The molecular formula is C23H28N4O3. The standard InChI is InChI=1S/C23H28N4O3/c1-25(15-17-7-9-19(30-2)10-8-17)22(28)16-26-13-11-18(12-14-26)27-21-6-4-3-5-20(21)24-23(27)29/h3-10,18H,11-16H2,1-2H3,(H,24,29). The van der Waals surface area contributed by atoms with Gasteiger partial charge in [-0.25, -0.2) is 4.79 Å². The lowest BCUT2D eigenvalue weighted by Gasteiger charge is -2.33. The quantitative estimate of drug-likeness (QED) is 0.681. The van der Waals surface area contributed by atoms with Crippen LogP contribution in [0, 0.1) is 0 Å². The molecule has 1 aliphatic rings. The molecule has 7 nitrogen and oxygen atoms in total. The van der Waals surface area contributed by atoms with Gasteiger partial charge < -0.3 is 14.6 Å². The van der Waals surface area contributed by atoms with Crippen LogP contribution in [-0.4, -0.2) is 59.0 Å². The number of nitrogens with zero attached hydrogens (tertiary/aromatic N) is 3. The van der Waals surface area contributed by atoms with Crippen LogP contribution in [0.1, 0.15) is 24.4 Å². The maximum Gasteiger partial charge on any atom is 0.326 e. The molecule has 30 heavy (non-hydrogen) atoms. The molecule has 0 unspecified atom stereocenters. The molecule has 3 aromatic rings. The van der Waals surface area contributed by atoms with Gasteiger partial charge in [0.25, 0.3) is 0 Å². The van der Waals surface area contributed by atoms with E-state index in [2.05, 4.69) is 9.88 Å². The number of imidazole rings is 1. The van der Waals surface area contributed by atoms with E-state index in [9.17, 15) is 9.59 Å². The number of hydrogen-bond donors (Lipinski definition) is 1. The fourth-order valence-electron chi connectivity index (χ4n) is 4.18. The Hall–Kier alpha value is -3.06. The molecule has 2 heterocycles. The Morgan fingerprint density at radius 2 is 1.83 bits per heavy atom. The third-order valence-electron chi connectivity index (χ3n) is 5.91. The summed E-state index contributed by atoms with van der Waals surface area (Å²) < 4.78 is 7.06. The summed E-state index contributed by atoms with van der Waals surface area (Å²) in [5, 5.41) is 0. The summed E-state index contributed by atoms with van der Waals surface area (Å²) in [6, 6.07) is 15.7. The van der Waals surface area contributed by atoms with Crippen molar-refractivity contribution >= 4 is 16.9 Å². The molecule has 0 atom stereocenters. The topological polar surface area (TPSA) is 70.6 Å². The second-order valence-corrected chi connectivity index (χ2v) is 7.92. The van der Waals surface area contributed by atoms with E-state index < -0.39 is 0 Å². The van der Waals surface area contributed by atoms with Gasteiger partial charge in [-0.2, -0.15) is 0 Å². The van der Waals surface area contributed by atoms with Crippen LogP contribution in [0.3, 0.4) is 0 Å². The van der Waals surface area contributed by atoms with E-state index in [1.54, 1.807) is 12.0 Å². The van der Waals surface area contributed by atoms with Crippen molar-refractivity contribution in [1.29, 1.82) is 0 Å². The van der Waals surface area contributed by atoms with Crippen molar-refractivity contribution in [2.24, 2.45) is 0 Å². The first-order chi connectivity index (χ1) is 14.5. The zero-order valence-electron chi connectivity index (χ0n) is 17.5. The molecule has 1 N–H and O–H groups in total. The number of nitrogens with one attached hydrogen (secondary N) is 1. The maximum absolute atomic E-state index is 12.7. The number of para-hydroxylation sites is 2. The first-order valence-corrected chi connectivity index (χ1v) is 10.3. The summed E-state index contributed by atoms with van der Waals surface area (Å²) in [7, 11) is 3.48. The minimum Gasteiger partial charge on any atom is -0.497 e. The number of carbonyl (C=O) groups excluding carboxylic acids is 1. The van der Waals surface area contributed by atoms with Crippen LogP contribution < -0.4 is 10.4 Å². The number of aromatic amines is 1. The number of likely N-dealkylation sites (tertiary alicyclic amines) is 1. The Balaban J connectivity index is 1.32. The lowest BCUT2D eigenvalue weighted by atomic mass is 10.0. The van der Waals surface area contributed by atoms with Gasteiger partial charge in [-0.15, -0.1) is 0 Å². The van der Waals surface area contributed by atoms with Crippen LogP contribution in [0.15, 0.2) is 53.3 Å². The lowest BCUT2D eigenvalue weighted by molar-refractivity contribution is -0.132. The van der Waals surface area contributed by atoms with E-state index in [1.165, 1.54) is 0 Å². The monoisotopic (exact) mass is 408 g/mol. The summed E-state index contributed by atoms with van der Waals surface area (Å²) in [5.74, 6) is 0.915. The third-order valence-corrected chi connectivity index (χ3v) is 5.91. The molecule has 2 aromatic carbocycles. The van der Waals surface area contributed by atoms with Crippen LogP contribution in [0.4, 0.5) is 0 Å². The minimum absolute atomic E-state index is 0.0510. The molecule has 0 bridgehead atoms. The summed E-state index contributed by atoms with van der Waals surface area (Å²) >= 11 is 0. The number of fused-ring (bicyclic) bond motifs is 1. The summed E-state index contributed by atoms with van der Waals surface area (Å²) in [6.07, 6.45) is 1.72. The number of H-pyrrole nitrogens is 1. The van der Waals surface area contributed by atoms with Crippen LogP contribution >= 0.6 is 0 Å². The molecule has 0 spiro atoms. The minimum atomic E-state index is -0.0510. The number of methoxy groups -OCH3 is 1. The van der Waals surface area contributed by atoms with Gasteiger partial charge in [-0.1, -0.05) is 24.3 Å². The second-order valence-electron chi connectivity index (χ2n) is 7.92. The van der Waals surface area contributed by atoms with Gasteiger partial charge in [0.15, 0.2) is 0 Å². The number of amides is 1. The highest BCUT2D eigenvalue weighted by Crippen LogP contribution is 2.24. The van der Waals surface area contributed by atoms with Crippen molar-refractivity contribution in [2.75, 3.05) is 33.8 Å². The highest BCUT2D eigenvalue weighted by Gasteiger charge is 2.25. The number of likely N-dealkylation sites (N-methyl/N-ethyl adjacent to an activating group) is 1. The highest BCUT2D eigenvalue weighted by molar-refractivity contribution is 5.78. The number of aromatic nitrogens is 2. The summed E-state index contributed by atoms with van der Waals surface area (Å²) in [6.45, 7) is 2.59. The fraction of sp³-hybridized carbons (Fsp3) is 0.391. The van der Waals surface area contributed by atoms with Gasteiger partial charge in [-0.05, 0) is 42.7 Å². The smallest absolute Gasteiger partial charge is 0.326 e. The Labute approximate surface area is 175 Å².